The number of nitrogens with zero attached hydrogens (tertiary/aromatic N) is 5. The molecule has 4 N–H and O–H groups in total. The summed E-state index contributed by atoms with van der Waals surface area (Å²) in [6, 6.07) is 7.48. The van der Waals surface area contributed by atoms with E-state index in [1.165, 1.54) is 0 Å². The third-order valence-corrected chi connectivity index (χ3v) is 3.79. The Balaban J connectivity index is 1.88. The third kappa shape index (κ3) is 2.20. The van der Waals surface area contributed by atoms with E-state index >= 15 is 0 Å². The topological polar surface area (TPSA) is 115 Å². The van der Waals surface area contributed by atoms with Crippen LogP contribution in [0, 0.1) is 0 Å². The van der Waals surface area contributed by atoms with Gasteiger partial charge in [0.2, 0.25) is 11.9 Å². The number of fused-ring (bicyclic) bond motifs is 1. The molecule has 1 aliphatic rings. The molecule has 23 heavy (non-hydrogen) atoms. The van der Waals surface area contributed by atoms with Gasteiger partial charge in [-0.1, -0.05) is 6.07 Å². The second-order valence-corrected chi connectivity index (χ2v) is 5.16. The molecule has 0 aliphatic carbocycles. The van der Waals surface area contributed by atoms with Crippen LogP contribution in [0.1, 0.15) is 11.3 Å². The monoisotopic (exact) mass is 306 g/mol. The Morgan fingerprint density at radius 1 is 1.00 bits per heavy atom. The summed E-state index contributed by atoms with van der Waals surface area (Å²) in [5.74, 6) is 1.52. The molecule has 0 amide bonds. The van der Waals surface area contributed by atoms with Crippen LogP contribution in [0.25, 0.3) is 0 Å². The van der Waals surface area contributed by atoms with Crippen molar-refractivity contribution in [3.05, 3.63) is 60.3 Å². The highest BCUT2D eigenvalue weighted by Gasteiger charge is 2.43. The Kier molecular flexibility index (Phi) is 3.00. The molecule has 3 aromatic heterocycles. The summed E-state index contributed by atoms with van der Waals surface area (Å²) in [5, 5.41) is 6.68. The number of hydrogen-bond donors (Lipinski definition) is 3. The number of nitrogens with one attached hydrogen (secondary N) is 2. The van der Waals surface area contributed by atoms with Gasteiger partial charge in [-0.2, -0.15) is 0 Å². The molecule has 0 spiro atoms. The highest BCUT2D eigenvalue weighted by molar-refractivity contribution is 5.62. The van der Waals surface area contributed by atoms with E-state index in [-0.39, 0.29) is 5.95 Å². The van der Waals surface area contributed by atoms with Crippen LogP contribution in [0.2, 0.25) is 0 Å². The lowest BCUT2D eigenvalue weighted by Gasteiger charge is -2.29. The van der Waals surface area contributed by atoms with Crippen LogP contribution in [0.5, 0.6) is 0 Å². The molecule has 1 aliphatic heterocycles. The van der Waals surface area contributed by atoms with Gasteiger partial charge in [0.1, 0.15) is 11.4 Å². The van der Waals surface area contributed by atoms with E-state index in [2.05, 4.69) is 35.6 Å². The Hall–Kier alpha value is -3.29. The number of pyridine rings is 1. The number of aromatic nitrogens is 5. The van der Waals surface area contributed by atoms with Gasteiger partial charge >= 0.3 is 0 Å². The van der Waals surface area contributed by atoms with Crippen molar-refractivity contribution < 1.29 is 0 Å². The van der Waals surface area contributed by atoms with E-state index in [0.29, 0.717) is 12.5 Å². The molecule has 1 atom stereocenters. The molecule has 4 rings (SSSR count). The maximum Gasteiger partial charge on any atom is 0.223 e. The van der Waals surface area contributed by atoms with Gasteiger partial charge in [-0.05, 0) is 18.2 Å². The molecule has 3 aromatic rings. The summed E-state index contributed by atoms with van der Waals surface area (Å²) in [6.45, 7) is 0.550. The zero-order valence-corrected chi connectivity index (χ0v) is 12.1. The van der Waals surface area contributed by atoms with Crippen molar-refractivity contribution in [3.63, 3.8) is 0 Å². The molecule has 8 heteroatoms. The van der Waals surface area contributed by atoms with Gasteiger partial charge in [-0.3, -0.25) is 0 Å². The Labute approximate surface area is 132 Å². The average Bonchev–Trinajstić information content (AvgIpc) is 2.96. The largest absolute Gasteiger partial charge is 0.368 e. The van der Waals surface area contributed by atoms with Crippen LogP contribution in [-0.4, -0.2) is 31.5 Å². The summed E-state index contributed by atoms with van der Waals surface area (Å²) >= 11 is 0. The van der Waals surface area contributed by atoms with E-state index in [4.69, 9.17) is 5.73 Å². The highest BCUT2D eigenvalue weighted by Crippen LogP contribution is 2.39. The van der Waals surface area contributed by atoms with Crippen molar-refractivity contribution in [1.29, 1.82) is 0 Å². The van der Waals surface area contributed by atoms with Crippen LogP contribution in [0.15, 0.2) is 49.1 Å². The number of rotatable bonds is 3. The minimum Gasteiger partial charge on any atom is -0.368 e. The minimum atomic E-state index is -0.665. The lowest BCUT2D eigenvalue weighted by Crippen LogP contribution is -2.40. The lowest BCUT2D eigenvalue weighted by atomic mass is 9.89. The maximum atomic E-state index is 5.78. The molecule has 8 nitrogen and oxygen atoms in total. The number of nitrogens with two attached hydrogens (primary N) is 1. The summed E-state index contributed by atoms with van der Waals surface area (Å²) in [5.41, 5.74) is 6.81. The van der Waals surface area contributed by atoms with Crippen LogP contribution in [-0.2, 0) is 5.54 Å². The first-order valence-electron chi connectivity index (χ1n) is 7.11. The quantitative estimate of drug-likeness (QED) is 0.657. The van der Waals surface area contributed by atoms with Crippen LogP contribution < -0.4 is 16.4 Å². The van der Waals surface area contributed by atoms with E-state index in [9.17, 15) is 0 Å². The molecule has 0 fully saturated rings. The Bertz CT molecular complexity index is 838. The molecule has 0 saturated carbocycles. The average molecular weight is 306 g/mol. The number of anilines is 3. The Morgan fingerprint density at radius 2 is 1.83 bits per heavy atom. The first kappa shape index (κ1) is 13.4. The molecule has 0 aromatic carbocycles. The molecular formula is C15H14N8. The first-order chi connectivity index (χ1) is 11.3. The van der Waals surface area contributed by atoms with E-state index in [1.807, 2.05) is 18.2 Å². The fourth-order valence-electron chi connectivity index (χ4n) is 2.77. The van der Waals surface area contributed by atoms with E-state index in [1.54, 1.807) is 30.9 Å². The third-order valence-electron chi connectivity index (χ3n) is 3.79. The van der Waals surface area contributed by atoms with Gasteiger partial charge in [0.15, 0.2) is 0 Å². The molecular weight excluding hydrogens is 292 g/mol. The van der Waals surface area contributed by atoms with E-state index in [0.717, 1.165) is 17.1 Å². The fraction of sp³-hybridized carbons (Fsp3) is 0.133. The van der Waals surface area contributed by atoms with Crippen molar-refractivity contribution in [2.75, 3.05) is 22.9 Å². The zero-order valence-electron chi connectivity index (χ0n) is 12.1. The predicted molar refractivity (Wildman–Crippen MR) is 85.6 cm³/mol. The SMILES string of the molecule is Nc1nccc(C2(Nc3ncccn3)CNc3ncccc32)n1. The zero-order chi connectivity index (χ0) is 15.7. The standard InChI is InChI=1S/C15H14N8/c16-13-18-8-4-11(22-13)15(23-14-19-6-2-7-20-14)9-21-12-10(15)3-1-5-17-12/h1-8H,9H2,(H,17,21)(H2,16,18,22)(H,19,20,23). The smallest absolute Gasteiger partial charge is 0.223 e. The molecule has 114 valence electrons. The van der Waals surface area contributed by atoms with Gasteiger partial charge < -0.3 is 16.4 Å². The molecule has 0 bridgehead atoms. The number of nitrogen functional groups attached to an aromatic ring is 1. The lowest BCUT2D eigenvalue weighted by molar-refractivity contribution is 0.621. The van der Waals surface area contributed by atoms with Crippen molar-refractivity contribution >= 4 is 17.7 Å². The predicted octanol–water partition coefficient (Wildman–Crippen LogP) is 1.02. The normalized spacial score (nSPS) is 19.0. The maximum absolute atomic E-state index is 5.78. The van der Waals surface area contributed by atoms with Gasteiger partial charge in [0, 0.05) is 36.9 Å². The summed E-state index contributed by atoms with van der Waals surface area (Å²) in [6.07, 6.45) is 6.75. The van der Waals surface area contributed by atoms with Crippen LogP contribution in [0.3, 0.4) is 0 Å². The summed E-state index contributed by atoms with van der Waals surface area (Å²) in [4.78, 5) is 21.3. The fourth-order valence-corrected chi connectivity index (χ4v) is 2.77. The van der Waals surface area contributed by atoms with E-state index < -0.39 is 5.54 Å². The van der Waals surface area contributed by atoms with Gasteiger partial charge in [0.25, 0.3) is 0 Å². The van der Waals surface area contributed by atoms with Gasteiger partial charge in [0.05, 0.1) is 5.69 Å². The van der Waals surface area contributed by atoms with Crippen molar-refractivity contribution in [2.45, 2.75) is 5.54 Å². The van der Waals surface area contributed by atoms with Crippen LogP contribution in [0.4, 0.5) is 17.7 Å². The van der Waals surface area contributed by atoms with Crippen molar-refractivity contribution in [2.24, 2.45) is 0 Å². The molecule has 0 saturated heterocycles. The highest BCUT2D eigenvalue weighted by atomic mass is 15.2. The second kappa shape index (κ2) is 5.16. The number of hydrogen-bond acceptors (Lipinski definition) is 8. The van der Waals surface area contributed by atoms with Crippen molar-refractivity contribution in [1.82, 2.24) is 24.9 Å². The van der Waals surface area contributed by atoms with Gasteiger partial charge in [-0.15, -0.1) is 0 Å². The molecule has 0 radical (unpaired) electrons. The minimum absolute atomic E-state index is 0.218. The summed E-state index contributed by atoms with van der Waals surface area (Å²) in [7, 11) is 0. The second-order valence-electron chi connectivity index (χ2n) is 5.16. The van der Waals surface area contributed by atoms with Gasteiger partial charge in [-0.25, -0.2) is 24.9 Å². The first-order valence-corrected chi connectivity index (χ1v) is 7.11. The molecule has 1 unspecified atom stereocenters. The Morgan fingerprint density at radius 3 is 2.65 bits per heavy atom. The van der Waals surface area contributed by atoms with Crippen LogP contribution >= 0.6 is 0 Å². The molecule has 4 heterocycles. The summed E-state index contributed by atoms with van der Waals surface area (Å²) < 4.78 is 0. The van der Waals surface area contributed by atoms with Crippen molar-refractivity contribution in [3.8, 4) is 0 Å².